The maximum absolute atomic E-state index is 11.9. The van der Waals surface area contributed by atoms with Gasteiger partial charge in [0.2, 0.25) is 0 Å². The first-order chi connectivity index (χ1) is 8.61. The Labute approximate surface area is 105 Å². The van der Waals surface area contributed by atoms with Crippen LogP contribution in [0.1, 0.15) is 28.8 Å². The predicted octanol–water partition coefficient (Wildman–Crippen LogP) is 0.738. The molecular formula is C13H16N2O3. The van der Waals surface area contributed by atoms with Gasteiger partial charge in [-0.2, -0.15) is 0 Å². The molecule has 1 amide bonds. The van der Waals surface area contributed by atoms with Gasteiger partial charge in [0.05, 0.1) is 0 Å². The summed E-state index contributed by atoms with van der Waals surface area (Å²) < 4.78 is 0. The summed E-state index contributed by atoms with van der Waals surface area (Å²) >= 11 is 0. The van der Waals surface area contributed by atoms with E-state index in [0.717, 1.165) is 18.4 Å². The average molecular weight is 248 g/mol. The molecule has 1 fully saturated rings. The number of hydrogen-bond donors (Lipinski definition) is 3. The standard InChI is InChI=1S/C13H16N2O3/c14-7-8-1-3-10(4-2-8)12(16)15-11(13(17)18)9-5-6-9/h1-4,9,11H,5-7,14H2,(H,15,16)(H,17,18). The zero-order chi connectivity index (χ0) is 13.1. The Morgan fingerprint density at radius 3 is 2.39 bits per heavy atom. The van der Waals surface area contributed by atoms with Gasteiger partial charge in [0.25, 0.3) is 5.91 Å². The van der Waals surface area contributed by atoms with Gasteiger partial charge in [-0.15, -0.1) is 0 Å². The molecule has 1 aliphatic rings. The van der Waals surface area contributed by atoms with E-state index in [-0.39, 0.29) is 11.8 Å². The Kier molecular flexibility index (Phi) is 3.62. The van der Waals surface area contributed by atoms with Crippen LogP contribution >= 0.6 is 0 Å². The summed E-state index contributed by atoms with van der Waals surface area (Å²) in [7, 11) is 0. The van der Waals surface area contributed by atoms with E-state index in [0.29, 0.717) is 12.1 Å². The molecule has 1 aromatic rings. The summed E-state index contributed by atoms with van der Waals surface area (Å²) in [6.45, 7) is 0.418. The van der Waals surface area contributed by atoms with Crippen molar-refractivity contribution in [3.63, 3.8) is 0 Å². The van der Waals surface area contributed by atoms with Gasteiger partial charge in [-0.25, -0.2) is 4.79 Å². The fourth-order valence-corrected chi connectivity index (χ4v) is 1.83. The molecule has 1 saturated carbocycles. The van der Waals surface area contributed by atoms with Crippen LogP contribution in [0, 0.1) is 5.92 Å². The van der Waals surface area contributed by atoms with Crippen LogP contribution in [0.3, 0.4) is 0 Å². The van der Waals surface area contributed by atoms with Gasteiger partial charge in [-0.05, 0) is 36.5 Å². The normalized spacial score (nSPS) is 16.1. The molecule has 1 atom stereocenters. The molecule has 0 radical (unpaired) electrons. The van der Waals surface area contributed by atoms with E-state index >= 15 is 0 Å². The van der Waals surface area contributed by atoms with E-state index in [2.05, 4.69) is 5.32 Å². The first kappa shape index (κ1) is 12.6. The molecule has 0 saturated heterocycles. The molecule has 2 rings (SSSR count). The fourth-order valence-electron chi connectivity index (χ4n) is 1.83. The molecule has 0 heterocycles. The van der Waals surface area contributed by atoms with E-state index in [1.54, 1.807) is 24.3 Å². The summed E-state index contributed by atoms with van der Waals surface area (Å²) in [6, 6.07) is 6.07. The SMILES string of the molecule is NCc1ccc(C(=O)NC(C(=O)O)C2CC2)cc1. The number of carbonyl (C=O) groups excluding carboxylic acids is 1. The molecular weight excluding hydrogens is 232 g/mol. The minimum absolute atomic E-state index is 0.0785. The van der Waals surface area contributed by atoms with Crippen LogP contribution in [-0.4, -0.2) is 23.0 Å². The number of carboxylic acids is 1. The molecule has 5 nitrogen and oxygen atoms in total. The second-order valence-electron chi connectivity index (χ2n) is 4.53. The van der Waals surface area contributed by atoms with Crippen molar-refractivity contribution in [2.45, 2.75) is 25.4 Å². The van der Waals surface area contributed by atoms with E-state index in [1.807, 2.05) is 0 Å². The first-order valence-electron chi connectivity index (χ1n) is 5.94. The van der Waals surface area contributed by atoms with Crippen molar-refractivity contribution >= 4 is 11.9 Å². The molecule has 0 aliphatic heterocycles. The minimum Gasteiger partial charge on any atom is -0.480 e. The summed E-state index contributed by atoms with van der Waals surface area (Å²) in [5.74, 6) is -1.24. The van der Waals surface area contributed by atoms with Gasteiger partial charge >= 0.3 is 5.97 Å². The van der Waals surface area contributed by atoms with Crippen LogP contribution in [0.25, 0.3) is 0 Å². The Hall–Kier alpha value is -1.88. The maximum Gasteiger partial charge on any atom is 0.326 e. The van der Waals surface area contributed by atoms with E-state index < -0.39 is 12.0 Å². The van der Waals surface area contributed by atoms with Crippen molar-refractivity contribution in [3.8, 4) is 0 Å². The molecule has 96 valence electrons. The van der Waals surface area contributed by atoms with Crippen LogP contribution in [-0.2, 0) is 11.3 Å². The lowest BCUT2D eigenvalue weighted by Gasteiger charge is -2.13. The van der Waals surface area contributed by atoms with Gasteiger partial charge in [0, 0.05) is 12.1 Å². The number of benzene rings is 1. The highest BCUT2D eigenvalue weighted by Gasteiger charge is 2.37. The molecule has 1 unspecified atom stereocenters. The molecule has 5 heteroatoms. The van der Waals surface area contributed by atoms with Gasteiger partial charge < -0.3 is 16.2 Å². The second-order valence-corrected chi connectivity index (χ2v) is 4.53. The number of carbonyl (C=O) groups is 2. The highest BCUT2D eigenvalue weighted by molar-refractivity contribution is 5.96. The largest absolute Gasteiger partial charge is 0.480 e. The van der Waals surface area contributed by atoms with Crippen molar-refractivity contribution in [1.29, 1.82) is 0 Å². The lowest BCUT2D eigenvalue weighted by atomic mass is 10.1. The van der Waals surface area contributed by atoms with Crippen molar-refractivity contribution < 1.29 is 14.7 Å². The molecule has 0 spiro atoms. The van der Waals surface area contributed by atoms with Gasteiger partial charge in [-0.1, -0.05) is 12.1 Å². The highest BCUT2D eigenvalue weighted by atomic mass is 16.4. The van der Waals surface area contributed by atoms with Crippen molar-refractivity contribution in [2.24, 2.45) is 11.7 Å². The quantitative estimate of drug-likeness (QED) is 0.716. The fraction of sp³-hybridized carbons (Fsp3) is 0.385. The third-order valence-corrected chi connectivity index (χ3v) is 3.10. The Morgan fingerprint density at radius 1 is 1.33 bits per heavy atom. The third-order valence-electron chi connectivity index (χ3n) is 3.10. The monoisotopic (exact) mass is 248 g/mol. The van der Waals surface area contributed by atoms with Crippen LogP contribution < -0.4 is 11.1 Å². The van der Waals surface area contributed by atoms with E-state index in [1.165, 1.54) is 0 Å². The number of rotatable bonds is 5. The minimum atomic E-state index is -0.968. The zero-order valence-corrected chi connectivity index (χ0v) is 9.93. The van der Waals surface area contributed by atoms with Crippen LogP contribution in [0.5, 0.6) is 0 Å². The summed E-state index contributed by atoms with van der Waals surface area (Å²) in [5, 5.41) is 11.6. The van der Waals surface area contributed by atoms with Crippen LogP contribution in [0.15, 0.2) is 24.3 Å². The number of nitrogens with two attached hydrogens (primary N) is 1. The van der Waals surface area contributed by atoms with Crippen LogP contribution in [0.2, 0.25) is 0 Å². The number of amides is 1. The first-order valence-corrected chi connectivity index (χ1v) is 5.94. The van der Waals surface area contributed by atoms with Crippen molar-refractivity contribution in [1.82, 2.24) is 5.32 Å². The Balaban J connectivity index is 2.03. The molecule has 0 aromatic heterocycles. The molecule has 0 bridgehead atoms. The van der Waals surface area contributed by atoms with Gasteiger partial charge in [0.15, 0.2) is 0 Å². The number of aliphatic carboxylic acids is 1. The molecule has 18 heavy (non-hydrogen) atoms. The average Bonchev–Trinajstić information content (AvgIpc) is 3.19. The second kappa shape index (κ2) is 5.18. The topological polar surface area (TPSA) is 92.4 Å². The van der Waals surface area contributed by atoms with Gasteiger partial charge in [0.1, 0.15) is 6.04 Å². The third kappa shape index (κ3) is 2.87. The summed E-state index contributed by atoms with van der Waals surface area (Å²) in [4.78, 5) is 22.9. The van der Waals surface area contributed by atoms with E-state index in [4.69, 9.17) is 10.8 Å². The Morgan fingerprint density at radius 2 is 1.94 bits per heavy atom. The Bertz CT molecular complexity index is 452. The molecule has 1 aliphatic carbocycles. The lowest BCUT2D eigenvalue weighted by Crippen LogP contribution is -2.42. The summed E-state index contributed by atoms with van der Waals surface area (Å²) in [6.07, 6.45) is 1.73. The maximum atomic E-state index is 11.9. The number of hydrogen-bond acceptors (Lipinski definition) is 3. The highest BCUT2D eigenvalue weighted by Crippen LogP contribution is 2.32. The van der Waals surface area contributed by atoms with Crippen molar-refractivity contribution in [2.75, 3.05) is 0 Å². The molecule has 1 aromatic carbocycles. The van der Waals surface area contributed by atoms with E-state index in [9.17, 15) is 9.59 Å². The number of carboxylic acid groups (broad SMARTS) is 1. The predicted molar refractivity (Wildman–Crippen MR) is 65.9 cm³/mol. The van der Waals surface area contributed by atoms with Crippen LogP contribution in [0.4, 0.5) is 0 Å². The van der Waals surface area contributed by atoms with Crippen molar-refractivity contribution in [3.05, 3.63) is 35.4 Å². The van der Waals surface area contributed by atoms with Gasteiger partial charge in [-0.3, -0.25) is 4.79 Å². The smallest absolute Gasteiger partial charge is 0.326 e. The zero-order valence-electron chi connectivity index (χ0n) is 9.93. The molecule has 4 N–H and O–H groups in total. The summed E-state index contributed by atoms with van der Waals surface area (Å²) in [5.41, 5.74) is 6.86. The lowest BCUT2D eigenvalue weighted by molar-refractivity contribution is -0.139. The number of nitrogens with one attached hydrogen (secondary N) is 1.